The number of carboxylic acids is 1. The van der Waals surface area contributed by atoms with Crippen LogP contribution in [-0.4, -0.2) is 23.7 Å². The summed E-state index contributed by atoms with van der Waals surface area (Å²) in [6.45, 7) is 1.62. The molecule has 1 N–H and O–H groups in total. The zero-order valence-corrected chi connectivity index (χ0v) is 7.75. The summed E-state index contributed by atoms with van der Waals surface area (Å²) in [6, 6.07) is 0. The Kier molecular flexibility index (Phi) is 2.88. The fraction of sp³-hybridized carbons (Fsp3) is 0.556. The minimum Gasteiger partial charge on any atom is -0.481 e. The van der Waals surface area contributed by atoms with Crippen molar-refractivity contribution in [2.24, 2.45) is 5.41 Å². The molecule has 78 valence electrons. The maximum atomic E-state index is 13.0. The van der Waals surface area contributed by atoms with E-state index in [0.29, 0.717) is 12.8 Å². The third-order valence-electron chi connectivity index (χ3n) is 2.09. The van der Waals surface area contributed by atoms with Gasteiger partial charge in [0.25, 0.3) is 0 Å². The van der Waals surface area contributed by atoms with Crippen molar-refractivity contribution in [3.63, 3.8) is 0 Å². The second-order valence-electron chi connectivity index (χ2n) is 3.17. The normalized spacial score (nSPS) is 18.9. The molecule has 1 aliphatic carbocycles. The molecule has 0 aromatic rings. The summed E-state index contributed by atoms with van der Waals surface area (Å²) in [6.07, 6.45) is 1.58. The number of esters is 1. The molecular weight excluding hydrogens is 191 g/mol. The van der Waals surface area contributed by atoms with Crippen molar-refractivity contribution in [1.29, 1.82) is 0 Å². The van der Waals surface area contributed by atoms with Crippen LogP contribution in [0, 0.1) is 5.41 Å². The van der Waals surface area contributed by atoms with Gasteiger partial charge in [-0.2, -0.15) is 4.39 Å². The molecule has 0 radical (unpaired) electrons. The van der Waals surface area contributed by atoms with Gasteiger partial charge in [-0.3, -0.25) is 4.79 Å². The first kappa shape index (κ1) is 10.7. The van der Waals surface area contributed by atoms with E-state index in [0.717, 1.165) is 6.08 Å². The molecule has 0 heterocycles. The Bertz CT molecular complexity index is 291. The molecule has 1 saturated carbocycles. The Labute approximate surface area is 80.4 Å². The zero-order valence-electron chi connectivity index (χ0n) is 7.75. The van der Waals surface area contributed by atoms with Gasteiger partial charge in [0.1, 0.15) is 0 Å². The van der Waals surface area contributed by atoms with Crippen LogP contribution in [-0.2, 0) is 14.3 Å². The van der Waals surface area contributed by atoms with Crippen LogP contribution in [0.3, 0.4) is 0 Å². The molecule has 4 nitrogen and oxygen atoms in total. The summed E-state index contributed by atoms with van der Waals surface area (Å²) >= 11 is 0. The molecule has 0 atom stereocenters. The smallest absolute Gasteiger partial charge is 0.366 e. The van der Waals surface area contributed by atoms with Gasteiger partial charge in [0, 0.05) is 0 Å². The molecule has 0 unspecified atom stereocenters. The summed E-state index contributed by atoms with van der Waals surface area (Å²) in [5, 5.41) is 8.70. The number of ether oxygens (including phenoxy) is 1. The summed E-state index contributed by atoms with van der Waals surface area (Å²) in [5.41, 5.74) is -1.17. The van der Waals surface area contributed by atoms with E-state index in [1.54, 1.807) is 6.92 Å². The monoisotopic (exact) mass is 202 g/mol. The van der Waals surface area contributed by atoms with Gasteiger partial charge in [-0.1, -0.05) is 0 Å². The number of carbonyl (C=O) groups excluding carboxylic acids is 1. The van der Waals surface area contributed by atoms with E-state index in [4.69, 9.17) is 5.11 Å². The van der Waals surface area contributed by atoms with Crippen molar-refractivity contribution in [3.05, 3.63) is 11.9 Å². The lowest BCUT2D eigenvalue weighted by Crippen LogP contribution is -2.14. The van der Waals surface area contributed by atoms with Crippen molar-refractivity contribution in [1.82, 2.24) is 0 Å². The molecule has 0 aromatic heterocycles. The molecule has 0 spiro atoms. The molecular formula is C9H11FO4. The van der Waals surface area contributed by atoms with Crippen LogP contribution >= 0.6 is 0 Å². The van der Waals surface area contributed by atoms with E-state index >= 15 is 0 Å². The molecule has 5 heteroatoms. The molecule has 1 rings (SSSR count). The van der Waals surface area contributed by atoms with Crippen molar-refractivity contribution >= 4 is 11.9 Å². The second-order valence-corrected chi connectivity index (χ2v) is 3.17. The summed E-state index contributed by atoms with van der Waals surface area (Å²) in [5.74, 6) is -3.32. The average molecular weight is 202 g/mol. The molecule has 0 amide bonds. The number of halogens is 1. The van der Waals surface area contributed by atoms with Gasteiger partial charge >= 0.3 is 11.9 Å². The summed E-state index contributed by atoms with van der Waals surface area (Å²) in [4.78, 5) is 21.4. The van der Waals surface area contributed by atoms with Gasteiger partial charge in [-0.15, -0.1) is 0 Å². The van der Waals surface area contributed by atoms with Crippen LogP contribution in [0.25, 0.3) is 0 Å². The predicted molar refractivity (Wildman–Crippen MR) is 45.1 cm³/mol. The molecule has 0 aromatic carbocycles. The van der Waals surface area contributed by atoms with E-state index in [1.165, 1.54) is 0 Å². The highest BCUT2D eigenvalue weighted by Crippen LogP contribution is 2.48. The lowest BCUT2D eigenvalue weighted by Gasteiger charge is -2.03. The van der Waals surface area contributed by atoms with Gasteiger partial charge in [0.2, 0.25) is 5.83 Å². The van der Waals surface area contributed by atoms with E-state index in [1.807, 2.05) is 0 Å². The SMILES string of the molecule is CCOC(=O)/C(F)=C\C1(C(=O)O)CC1. The lowest BCUT2D eigenvalue weighted by atomic mass is 10.1. The lowest BCUT2D eigenvalue weighted by molar-refractivity contribution is -0.141. The predicted octanol–water partition coefficient (Wildman–Crippen LogP) is 1.27. The second kappa shape index (κ2) is 3.77. The topological polar surface area (TPSA) is 63.6 Å². The van der Waals surface area contributed by atoms with Crippen LogP contribution in [0.5, 0.6) is 0 Å². The zero-order chi connectivity index (χ0) is 10.8. The van der Waals surface area contributed by atoms with Gasteiger partial charge in [-0.05, 0) is 25.8 Å². The average Bonchev–Trinajstić information content (AvgIpc) is 2.86. The minimum atomic E-state index is -1.17. The number of hydrogen-bond acceptors (Lipinski definition) is 3. The molecule has 0 aliphatic heterocycles. The molecule has 1 aliphatic rings. The Balaban J connectivity index is 2.68. The maximum Gasteiger partial charge on any atom is 0.366 e. The van der Waals surface area contributed by atoms with E-state index in [-0.39, 0.29) is 6.61 Å². The van der Waals surface area contributed by atoms with Crippen LogP contribution in [0.15, 0.2) is 11.9 Å². The quantitative estimate of drug-likeness (QED) is 0.550. The minimum absolute atomic E-state index is 0.0696. The molecule has 1 fully saturated rings. The maximum absolute atomic E-state index is 13.0. The van der Waals surface area contributed by atoms with Crippen molar-refractivity contribution in [2.75, 3.05) is 6.61 Å². The Morgan fingerprint density at radius 3 is 2.50 bits per heavy atom. The van der Waals surface area contributed by atoms with Crippen LogP contribution in [0.2, 0.25) is 0 Å². The Morgan fingerprint density at radius 1 is 1.57 bits per heavy atom. The summed E-state index contributed by atoms with van der Waals surface area (Å²) < 4.78 is 17.4. The number of hydrogen-bond donors (Lipinski definition) is 1. The number of carboxylic acid groups (broad SMARTS) is 1. The highest BCUT2D eigenvalue weighted by Gasteiger charge is 2.49. The van der Waals surface area contributed by atoms with Crippen LogP contribution in [0.4, 0.5) is 4.39 Å². The first-order valence-corrected chi connectivity index (χ1v) is 4.31. The number of rotatable bonds is 4. The standard InChI is InChI=1S/C9H11FO4/c1-2-14-7(11)6(10)5-9(3-4-9)8(12)13/h5H,2-4H2,1H3,(H,12,13)/b6-5+. The molecule has 0 saturated heterocycles. The van der Waals surface area contributed by atoms with E-state index < -0.39 is 23.2 Å². The van der Waals surface area contributed by atoms with Crippen molar-refractivity contribution < 1.29 is 23.8 Å². The van der Waals surface area contributed by atoms with E-state index in [9.17, 15) is 14.0 Å². The van der Waals surface area contributed by atoms with Gasteiger partial charge in [0.05, 0.1) is 12.0 Å². The largest absolute Gasteiger partial charge is 0.481 e. The molecule has 0 bridgehead atoms. The number of carbonyl (C=O) groups is 2. The van der Waals surface area contributed by atoms with Crippen LogP contribution in [0.1, 0.15) is 19.8 Å². The van der Waals surface area contributed by atoms with Crippen LogP contribution < -0.4 is 0 Å². The first-order valence-electron chi connectivity index (χ1n) is 4.31. The third kappa shape index (κ3) is 2.10. The summed E-state index contributed by atoms with van der Waals surface area (Å²) in [7, 11) is 0. The highest BCUT2D eigenvalue weighted by molar-refractivity contribution is 5.89. The highest BCUT2D eigenvalue weighted by atomic mass is 19.1. The van der Waals surface area contributed by atoms with Crippen molar-refractivity contribution in [3.8, 4) is 0 Å². The Morgan fingerprint density at radius 2 is 2.14 bits per heavy atom. The molecule has 14 heavy (non-hydrogen) atoms. The van der Waals surface area contributed by atoms with Gasteiger partial charge in [-0.25, -0.2) is 4.79 Å². The first-order chi connectivity index (χ1) is 6.52. The van der Waals surface area contributed by atoms with Crippen molar-refractivity contribution in [2.45, 2.75) is 19.8 Å². The Hall–Kier alpha value is -1.39. The third-order valence-corrected chi connectivity index (χ3v) is 2.09. The fourth-order valence-corrected chi connectivity index (χ4v) is 1.06. The van der Waals surface area contributed by atoms with E-state index in [2.05, 4.69) is 4.74 Å². The fourth-order valence-electron chi connectivity index (χ4n) is 1.06. The van der Waals surface area contributed by atoms with Gasteiger partial charge < -0.3 is 9.84 Å². The van der Waals surface area contributed by atoms with Gasteiger partial charge in [0.15, 0.2) is 0 Å². The number of aliphatic carboxylic acids is 1.